The van der Waals surface area contributed by atoms with Crippen molar-refractivity contribution in [2.45, 2.75) is 19.5 Å². The molecule has 0 aliphatic rings. The van der Waals surface area contributed by atoms with Crippen LogP contribution in [0.25, 0.3) is 0 Å². The average Bonchev–Trinajstić information content (AvgIpc) is 2.54. The third-order valence-corrected chi connectivity index (χ3v) is 3.06. The molecule has 0 radical (unpaired) electrons. The highest BCUT2D eigenvalue weighted by molar-refractivity contribution is 14.0. The fourth-order valence-electron chi connectivity index (χ4n) is 1.99. The lowest BCUT2D eigenvalue weighted by Gasteiger charge is -2.11. The van der Waals surface area contributed by atoms with E-state index in [4.69, 9.17) is 5.73 Å². The van der Waals surface area contributed by atoms with Crippen molar-refractivity contribution in [3.63, 3.8) is 0 Å². The fourth-order valence-corrected chi connectivity index (χ4v) is 1.99. The summed E-state index contributed by atoms with van der Waals surface area (Å²) >= 11 is 0. The largest absolute Gasteiger partial charge is 0.573 e. The van der Waals surface area contributed by atoms with Gasteiger partial charge in [0.25, 0.3) is 0 Å². The van der Waals surface area contributed by atoms with Crippen LogP contribution in [-0.4, -0.2) is 18.9 Å². The molecule has 0 fully saturated rings. The Hall–Kier alpha value is -2.38. The van der Waals surface area contributed by atoms with Gasteiger partial charge in [-0.05, 0) is 36.4 Å². The summed E-state index contributed by atoms with van der Waals surface area (Å²) in [5.74, 6) is -1.83. The SMILES string of the molecule is I.NC(=NCc1c(F)cccc1OC(F)F)Nc1ccc(OC(F)(F)F)cc1. The van der Waals surface area contributed by atoms with Crippen LogP contribution in [0.5, 0.6) is 11.5 Å². The van der Waals surface area contributed by atoms with E-state index in [1.807, 2.05) is 0 Å². The molecule has 12 heteroatoms. The number of halogens is 7. The van der Waals surface area contributed by atoms with Crippen molar-refractivity contribution < 1.29 is 35.8 Å². The zero-order chi connectivity index (χ0) is 20.0. The smallest absolute Gasteiger partial charge is 0.434 e. The molecule has 0 saturated heterocycles. The minimum Gasteiger partial charge on any atom is -0.434 e. The summed E-state index contributed by atoms with van der Waals surface area (Å²) in [5, 5.41) is 2.56. The van der Waals surface area contributed by atoms with Crippen molar-refractivity contribution >= 4 is 35.6 Å². The molecule has 0 bridgehead atoms. The minimum atomic E-state index is -4.81. The molecular formula is C16H14F6IN3O2. The molecule has 0 unspecified atom stereocenters. The van der Waals surface area contributed by atoms with Crippen LogP contribution in [0.1, 0.15) is 5.56 Å². The molecule has 154 valence electrons. The molecule has 0 spiro atoms. The second-order valence-electron chi connectivity index (χ2n) is 4.99. The van der Waals surface area contributed by atoms with E-state index in [9.17, 15) is 26.3 Å². The summed E-state index contributed by atoms with van der Waals surface area (Å²) < 4.78 is 82.7. The van der Waals surface area contributed by atoms with Crippen LogP contribution in [0.4, 0.5) is 32.0 Å². The number of guanidine groups is 1. The number of rotatable bonds is 6. The molecule has 0 saturated carbocycles. The maximum atomic E-state index is 13.8. The van der Waals surface area contributed by atoms with Crippen molar-refractivity contribution in [3.8, 4) is 11.5 Å². The summed E-state index contributed by atoms with van der Waals surface area (Å²) in [5.41, 5.74) is 5.67. The van der Waals surface area contributed by atoms with E-state index in [0.29, 0.717) is 0 Å². The van der Waals surface area contributed by atoms with Crippen molar-refractivity contribution in [3.05, 3.63) is 53.8 Å². The van der Waals surface area contributed by atoms with Crippen LogP contribution in [0.15, 0.2) is 47.5 Å². The Balaban J connectivity index is 0.00000392. The first-order chi connectivity index (χ1) is 12.6. The highest BCUT2D eigenvalue weighted by atomic mass is 127. The van der Waals surface area contributed by atoms with Gasteiger partial charge in [0.2, 0.25) is 0 Å². The van der Waals surface area contributed by atoms with Crippen molar-refractivity contribution in [1.29, 1.82) is 0 Å². The summed E-state index contributed by atoms with van der Waals surface area (Å²) in [4.78, 5) is 3.81. The van der Waals surface area contributed by atoms with Gasteiger partial charge < -0.3 is 20.5 Å². The lowest BCUT2D eigenvalue weighted by atomic mass is 10.2. The molecule has 0 aromatic heterocycles. The average molecular weight is 521 g/mol. The predicted molar refractivity (Wildman–Crippen MR) is 101 cm³/mol. The Labute approximate surface area is 172 Å². The number of hydrogen-bond acceptors (Lipinski definition) is 3. The monoisotopic (exact) mass is 521 g/mol. The molecule has 2 aromatic carbocycles. The third-order valence-electron chi connectivity index (χ3n) is 3.06. The van der Waals surface area contributed by atoms with Gasteiger partial charge in [-0.25, -0.2) is 9.38 Å². The number of nitrogens with two attached hydrogens (primary N) is 1. The molecule has 2 rings (SSSR count). The number of nitrogens with zero attached hydrogens (tertiary/aromatic N) is 1. The first-order valence-electron chi connectivity index (χ1n) is 7.29. The Kier molecular flexibility index (Phi) is 8.65. The fraction of sp³-hybridized carbons (Fsp3) is 0.188. The predicted octanol–water partition coefficient (Wildman–Crippen LogP) is 4.87. The van der Waals surface area contributed by atoms with E-state index in [0.717, 1.165) is 24.3 Å². The maximum Gasteiger partial charge on any atom is 0.573 e. The summed E-state index contributed by atoms with van der Waals surface area (Å²) in [7, 11) is 0. The number of nitrogens with one attached hydrogen (secondary N) is 1. The zero-order valence-electron chi connectivity index (χ0n) is 13.8. The number of benzene rings is 2. The Morgan fingerprint density at radius 1 is 1.11 bits per heavy atom. The van der Waals surface area contributed by atoms with Gasteiger partial charge in [-0.1, -0.05) is 6.07 Å². The number of alkyl halides is 5. The van der Waals surface area contributed by atoms with Gasteiger partial charge in [-0.2, -0.15) is 8.78 Å². The van der Waals surface area contributed by atoms with Gasteiger partial charge in [0.1, 0.15) is 17.3 Å². The van der Waals surface area contributed by atoms with E-state index >= 15 is 0 Å². The van der Waals surface area contributed by atoms with Crippen molar-refractivity contribution in [1.82, 2.24) is 0 Å². The molecule has 2 aromatic rings. The van der Waals surface area contributed by atoms with E-state index in [1.165, 1.54) is 18.2 Å². The minimum absolute atomic E-state index is 0. The highest BCUT2D eigenvalue weighted by Crippen LogP contribution is 2.25. The van der Waals surface area contributed by atoms with Gasteiger partial charge in [0, 0.05) is 5.69 Å². The number of aliphatic imine (C=N–C) groups is 1. The normalized spacial score (nSPS) is 11.8. The topological polar surface area (TPSA) is 68.9 Å². The zero-order valence-corrected chi connectivity index (χ0v) is 16.2. The Bertz CT molecular complexity index is 800. The molecule has 28 heavy (non-hydrogen) atoms. The maximum absolute atomic E-state index is 13.8. The van der Waals surface area contributed by atoms with Crippen LogP contribution < -0.4 is 20.5 Å². The van der Waals surface area contributed by atoms with Gasteiger partial charge in [0.15, 0.2) is 5.96 Å². The third kappa shape index (κ3) is 7.70. The first kappa shape index (κ1) is 23.7. The highest BCUT2D eigenvalue weighted by Gasteiger charge is 2.30. The van der Waals surface area contributed by atoms with Crippen LogP contribution in [-0.2, 0) is 6.54 Å². The standard InChI is InChI=1S/C16H13F6N3O2.HI/c17-12-2-1-3-13(26-14(18)19)11(12)8-24-15(23)25-9-4-6-10(7-5-9)27-16(20,21)22;/h1-7,14H,8H2,(H3,23,24,25);1H. The van der Waals surface area contributed by atoms with Crippen molar-refractivity contribution in [2.24, 2.45) is 10.7 Å². The van der Waals surface area contributed by atoms with Crippen molar-refractivity contribution in [2.75, 3.05) is 5.32 Å². The lowest BCUT2D eigenvalue weighted by Crippen LogP contribution is -2.23. The Morgan fingerprint density at radius 3 is 2.32 bits per heavy atom. The molecule has 5 nitrogen and oxygen atoms in total. The van der Waals surface area contributed by atoms with Gasteiger partial charge in [0.05, 0.1) is 12.1 Å². The molecule has 0 aliphatic heterocycles. The first-order valence-corrected chi connectivity index (χ1v) is 7.29. The lowest BCUT2D eigenvalue weighted by molar-refractivity contribution is -0.274. The van der Waals surface area contributed by atoms with Gasteiger partial charge in [-0.15, -0.1) is 37.1 Å². The summed E-state index contributed by atoms with van der Waals surface area (Å²) in [6, 6.07) is 8.00. The quantitative estimate of drug-likeness (QED) is 0.247. The number of hydrogen-bond donors (Lipinski definition) is 2. The molecule has 0 amide bonds. The van der Waals surface area contributed by atoms with Crippen LogP contribution in [0, 0.1) is 5.82 Å². The van der Waals surface area contributed by atoms with E-state index in [2.05, 4.69) is 19.8 Å². The summed E-state index contributed by atoms with van der Waals surface area (Å²) in [6.07, 6.45) is -4.81. The second kappa shape index (κ2) is 10.2. The molecule has 0 aliphatic carbocycles. The summed E-state index contributed by atoms with van der Waals surface area (Å²) in [6.45, 7) is -3.54. The molecule has 0 heterocycles. The second-order valence-corrected chi connectivity index (χ2v) is 4.99. The van der Waals surface area contributed by atoms with E-state index in [-0.39, 0.29) is 46.9 Å². The van der Waals surface area contributed by atoms with E-state index < -0.39 is 31.1 Å². The van der Waals surface area contributed by atoms with Crippen LogP contribution in [0.2, 0.25) is 0 Å². The number of anilines is 1. The Morgan fingerprint density at radius 2 is 1.75 bits per heavy atom. The van der Waals surface area contributed by atoms with Crippen LogP contribution in [0.3, 0.4) is 0 Å². The molecule has 3 N–H and O–H groups in total. The number of ether oxygens (including phenoxy) is 2. The van der Waals surface area contributed by atoms with Gasteiger partial charge >= 0.3 is 13.0 Å². The van der Waals surface area contributed by atoms with E-state index in [1.54, 1.807) is 0 Å². The molecule has 0 atom stereocenters. The van der Waals surface area contributed by atoms with Crippen LogP contribution >= 0.6 is 24.0 Å². The molecular weight excluding hydrogens is 507 g/mol. The van der Waals surface area contributed by atoms with Gasteiger partial charge in [-0.3, -0.25) is 0 Å².